The molecule has 0 spiro atoms. The predicted molar refractivity (Wildman–Crippen MR) is 65.5 cm³/mol. The van der Waals surface area contributed by atoms with Crippen molar-refractivity contribution in [2.24, 2.45) is 0 Å². The molecule has 0 atom stereocenters. The molecule has 0 saturated heterocycles. The fourth-order valence-corrected chi connectivity index (χ4v) is 2.01. The van der Waals surface area contributed by atoms with Crippen LogP contribution in [-0.2, 0) is 16.4 Å². The first-order chi connectivity index (χ1) is 7.84. The van der Waals surface area contributed by atoms with Crippen LogP contribution >= 0.6 is 0 Å². The fraction of sp³-hybridized carbons (Fsp3) is 0.364. The highest BCUT2D eigenvalue weighted by Crippen LogP contribution is 2.11. The van der Waals surface area contributed by atoms with Crippen molar-refractivity contribution in [1.29, 1.82) is 0 Å². The van der Waals surface area contributed by atoms with Crippen LogP contribution in [0.3, 0.4) is 0 Å². The van der Waals surface area contributed by atoms with Gasteiger partial charge in [-0.25, -0.2) is 13.2 Å². The van der Waals surface area contributed by atoms with Crippen LogP contribution in [0.2, 0.25) is 0 Å². The minimum atomic E-state index is -3.16. The van der Waals surface area contributed by atoms with Gasteiger partial charge in [0.25, 0.3) is 0 Å². The highest BCUT2D eigenvalue weighted by atomic mass is 32.2. The zero-order valence-electron chi connectivity index (χ0n) is 10.1. The van der Waals surface area contributed by atoms with Crippen molar-refractivity contribution in [3.8, 4) is 0 Å². The summed E-state index contributed by atoms with van der Waals surface area (Å²) >= 11 is 0. The number of carbonyl (C=O) groups is 1. The maximum atomic E-state index is 11.3. The minimum Gasteiger partial charge on any atom is -0.341 e. The van der Waals surface area contributed by atoms with Crippen LogP contribution in [0.15, 0.2) is 29.2 Å². The zero-order valence-corrected chi connectivity index (χ0v) is 10.9. The average molecular weight is 256 g/mol. The Morgan fingerprint density at radius 3 is 2.24 bits per heavy atom. The molecule has 17 heavy (non-hydrogen) atoms. The third-order valence-corrected chi connectivity index (χ3v) is 3.46. The Morgan fingerprint density at radius 1 is 1.29 bits per heavy atom. The van der Waals surface area contributed by atoms with Crippen molar-refractivity contribution < 1.29 is 13.2 Å². The molecule has 0 bridgehead atoms. The molecule has 1 rings (SSSR count). The van der Waals surface area contributed by atoms with Crippen LogP contribution in [-0.4, -0.2) is 39.7 Å². The number of carbonyl (C=O) groups excluding carboxylic acids is 1. The zero-order chi connectivity index (χ0) is 13.1. The maximum Gasteiger partial charge on any atom is 0.317 e. The molecule has 0 aliphatic rings. The van der Waals surface area contributed by atoms with Gasteiger partial charge in [-0.15, -0.1) is 0 Å². The second-order valence-electron chi connectivity index (χ2n) is 3.83. The highest BCUT2D eigenvalue weighted by Gasteiger charge is 2.09. The summed E-state index contributed by atoms with van der Waals surface area (Å²) in [6.45, 7) is 0.434. The van der Waals surface area contributed by atoms with Crippen LogP contribution < -0.4 is 5.32 Å². The van der Waals surface area contributed by atoms with Crippen LogP contribution in [0.4, 0.5) is 4.79 Å². The fourth-order valence-electron chi connectivity index (χ4n) is 1.38. The number of hydrogen-bond donors (Lipinski definition) is 1. The van der Waals surface area contributed by atoms with E-state index in [-0.39, 0.29) is 10.9 Å². The summed E-state index contributed by atoms with van der Waals surface area (Å²) in [7, 11) is 0.0691. The van der Waals surface area contributed by atoms with Gasteiger partial charge in [0, 0.05) is 26.9 Å². The summed E-state index contributed by atoms with van der Waals surface area (Å²) in [6, 6.07) is 6.31. The molecule has 0 aliphatic carbocycles. The molecule has 2 amide bonds. The van der Waals surface area contributed by atoms with Crippen molar-refractivity contribution in [2.75, 3.05) is 20.4 Å². The molecule has 0 heterocycles. The number of nitrogens with zero attached hydrogens (tertiary/aromatic N) is 1. The number of rotatable bonds is 3. The first-order valence-corrected chi connectivity index (χ1v) is 6.95. The van der Waals surface area contributed by atoms with Gasteiger partial charge >= 0.3 is 6.03 Å². The number of urea groups is 1. The van der Waals surface area contributed by atoms with Crippen LogP contribution in [0.25, 0.3) is 0 Å². The van der Waals surface area contributed by atoms with Gasteiger partial charge in [-0.2, -0.15) is 0 Å². The highest BCUT2D eigenvalue weighted by molar-refractivity contribution is 7.90. The molecule has 1 aromatic rings. The van der Waals surface area contributed by atoms with Gasteiger partial charge in [-0.3, -0.25) is 0 Å². The molecule has 0 aliphatic heterocycles. The SMILES string of the molecule is CNC(=O)N(C)Cc1ccc(S(C)(=O)=O)cc1. The minimum absolute atomic E-state index is 0.183. The summed E-state index contributed by atoms with van der Waals surface area (Å²) in [5.74, 6) is 0. The molecular formula is C11H16N2O3S. The molecule has 1 N–H and O–H groups in total. The number of sulfone groups is 1. The molecule has 0 fully saturated rings. The van der Waals surface area contributed by atoms with Crippen molar-refractivity contribution in [2.45, 2.75) is 11.4 Å². The molecule has 0 unspecified atom stereocenters. The number of nitrogens with one attached hydrogen (secondary N) is 1. The summed E-state index contributed by atoms with van der Waals surface area (Å²) in [6.07, 6.45) is 1.17. The lowest BCUT2D eigenvalue weighted by Crippen LogP contribution is -2.34. The first-order valence-electron chi connectivity index (χ1n) is 5.06. The molecule has 6 heteroatoms. The molecule has 0 radical (unpaired) electrons. The van der Waals surface area contributed by atoms with Crippen LogP contribution in [0, 0.1) is 0 Å². The van der Waals surface area contributed by atoms with Crippen LogP contribution in [0.1, 0.15) is 5.56 Å². The van der Waals surface area contributed by atoms with Crippen molar-refractivity contribution in [3.63, 3.8) is 0 Å². The van der Waals surface area contributed by atoms with Gasteiger partial charge < -0.3 is 10.2 Å². The van der Waals surface area contributed by atoms with E-state index in [2.05, 4.69) is 5.32 Å². The normalized spacial score (nSPS) is 11.0. The second-order valence-corrected chi connectivity index (χ2v) is 5.84. The first kappa shape index (κ1) is 13.5. The second kappa shape index (κ2) is 5.18. The molecule has 0 aromatic heterocycles. The van der Waals surface area contributed by atoms with Crippen molar-refractivity contribution in [3.05, 3.63) is 29.8 Å². The Labute approximate surface area is 101 Å². The Bertz CT molecular complexity index is 494. The van der Waals surface area contributed by atoms with E-state index in [1.807, 2.05) is 0 Å². The van der Waals surface area contributed by atoms with Gasteiger partial charge in [-0.05, 0) is 17.7 Å². The van der Waals surface area contributed by atoms with E-state index in [1.54, 1.807) is 38.4 Å². The third-order valence-electron chi connectivity index (χ3n) is 2.33. The van der Waals surface area contributed by atoms with Crippen molar-refractivity contribution in [1.82, 2.24) is 10.2 Å². The Morgan fingerprint density at radius 2 is 1.82 bits per heavy atom. The van der Waals surface area contributed by atoms with E-state index < -0.39 is 9.84 Å². The number of benzene rings is 1. The average Bonchev–Trinajstić information content (AvgIpc) is 2.27. The van der Waals surface area contributed by atoms with Gasteiger partial charge in [0.05, 0.1) is 4.90 Å². The van der Waals surface area contributed by atoms with E-state index in [0.717, 1.165) is 5.56 Å². The van der Waals surface area contributed by atoms with Crippen molar-refractivity contribution >= 4 is 15.9 Å². The largest absolute Gasteiger partial charge is 0.341 e. The summed E-state index contributed by atoms with van der Waals surface area (Å²) < 4.78 is 22.5. The van der Waals surface area contributed by atoms with Gasteiger partial charge in [-0.1, -0.05) is 12.1 Å². The van der Waals surface area contributed by atoms with E-state index >= 15 is 0 Å². The Hall–Kier alpha value is -1.56. The molecule has 1 aromatic carbocycles. The Balaban J connectivity index is 2.79. The number of hydrogen-bond acceptors (Lipinski definition) is 3. The van der Waals surface area contributed by atoms with Gasteiger partial charge in [0.2, 0.25) is 0 Å². The maximum absolute atomic E-state index is 11.3. The van der Waals surface area contributed by atoms with Crippen LogP contribution in [0.5, 0.6) is 0 Å². The molecular weight excluding hydrogens is 240 g/mol. The standard InChI is InChI=1S/C11H16N2O3S/c1-12-11(14)13(2)8-9-4-6-10(7-5-9)17(3,15)16/h4-7H,8H2,1-3H3,(H,12,14). The topological polar surface area (TPSA) is 66.5 Å². The van der Waals surface area contributed by atoms with E-state index in [0.29, 0.717) is 6.54 Å². The van der Waals surface area contributed by atoms with Gasteiger partial charge in [0.15, 0.2) is 9.84 Å². The molecule has 5 nitrogen and oxygen atoms in total. The number of amides is 2. The van der Waals surface area contributed by atoms with E-state index in [9.17, 15) is 13.2 Å². The van der Waals surface area contributed by atoms with E-state index in [1.165, 1.54) is 11.2 Å². The Kier molecular flexibility index (Phi) is 4.11. The monoisotopic (exact) mass is 256 g/mol. The lowest BCUT2D eigenvalue weighted by molar-refractivity contribution is 0.209. The lowest BCUT2D eigenvalue weighted by Gasteiger charge is -2.16. The molecule has 94 valence electrons. The van der Waals surface area contributed by atoms with Gasteiger partial charge in [0.1, 0.15) is 0 Å². The molecule has 0 saturated carbocycles. The summed E-state index contributed by atoms with van der Waals surface area (Å²) in [5, 5.41) is 2.51. The smallest absolute Gasteiger partial charge is 0.317 e. The third kappa shape index (κ3) is 3.74. The quantitative estimate of drug-likeness (QED) is 0.872. The summed E-state index contributed by atoms with van der Waals surface area (Å²) in [4.78, 5) is 13.1. The summed E-state index contributed by atoms with van der Waals surface area (Å²) in [5.41, 5.74) is 0.878. The van der Waals surface area contributed by atoms with E-state index in [4.69, 9.17) is 0 Å². The predicted octanol–water partition coefficient (Wildman–Crippen LogP) is 0.861. The lowest BCUT2D eigenvalue weighted by atomic mass is 10.2.